The van der Waals surface area contributed by atoms with Crippen molar-refractivity contribution in [2.24, 2.45) is 7.05 Å². The number of hydrogen-bond acceptors (Lipinski definition) is 5. The molecule has 0 aliphatic heterocycles. The van der Waals surface area contributed by atoms with Crippen LogP contribution in [0.5, 0.6) is 0 Å². The second-order valence-electron chi connectivity index (χ2n) is 5.19. The van der Waals surface area contributed by atoms with Crippen molar-refractivity contribution in [3.8, 4) is 0 Å². The van der Waals surface area contributed by atoms with Gasteiger partial charge in [0.1, 0.15) is 0 Å². The van der Waals surface area contributed by atoms with Crippen molar-refractivity contribution in [1.82, 2.24) is 15.1 Å². The molecule has 0 saturated carbocycles. The molecule has 2 rings (SSSR count). The second kappa shape index (κ2) is 6.17. The Morgan fingerprint density at radius 3 is 2.71 bits per heavy atom. The van der Waals surface area contributed by atoms with Gasteiger partial charge in [-0.2, -0.15) is 5.10 Å². The highest BCUT2D eigenvalue weighted by atomic mass is 32.2. The Hall–Kier alpha value is -1.38. The maximum Gasteiger partial charge on any atom is 0.262 e. The van der Waals surface area contributed by atoms with Gasteiger partial charge in [0.25, 0.3) is 10.0 Å². The summed E-state index contributed by atoms with van der Waals surface area (Å²) in [6.07, 6.45) is 1.65. The quantitative estimate of drug-likeness (QED) is 0.851. The number of thiophene rings is 1. The number of anilines is 1. The number of nitrogens with one attached hydrogen (secondary N) is 2. The Morgan fingerprint density at radius 1 is 1.43 bits per heavy atom. The average molecular weight is 328 g/mol. The van der Waals surface area contributed by atoms with Crippen LogP contribution in [0, 0.1) is 6.92 Å². The van der Waals surface area contributed by atoms with E-state index >= 15 is 0 Å². The minimum atomic E-state index is -3.56. The molecule has 0 aliphatic rings. The van der Waals surface area contributed by atoms with Crippen LogP contribution in [0.4, 0.5) is 5.69 Å². The first-order valence-corrected chi connectivity index (χ1v) is 8.98. The van der Waals surface area contributed by atoms with E-state index in [9.17, 15) is 8.42 Å². The predicted octanol–water partition coefficient (Wildman–Crippen LogP) is 2.09. The largest absolute Gasteiger partial charge is 0.310 e. The van der Waals surface area contributed by atoms with E-state index in [1.54, 1.807) is 36.3 Å². The van der Waals surface area contributed by atoms with E-state index in [-0.39, 0.29) is 4.90 Å². The fraction of sp³-hybridized carbons (Fsp3) is 0.462. The number of nitrogens with zero attached hydrogens (tertiary/aromatic N) is 2. The van der Waals surface area contributed by atoms with Gasteiger partial charge in [0.05, 0.1) is 16.3 Å². The van der Waals surface area contributed by atoms with Gasteiger partial charge in [-0.3, -0.25) is 9.40 Å². The highest BCUT2D eigenvalue weighted by Crippen LogP contribution is 2.23. The van der Waals surface area contributed by atoms with Crippen molar-refractivity contribution < 1.29 is 8.42 Å². The van der Waals surface area contributed by atoms with Crippen molar-refractivity contribution in [3.63, 3.8) is 0 Å². The minimum Gasteiger partial charge on any atom is -0.310 e. The lowest BCUT2D eigenvalue weighted by atomic mass is 10.4. The molecule has 0 fully saturated rings. The third-order valence-electron chi connectivity index (χ3n) is 2.88. The molecule has 116 valence electrons. The Bertz CT molecular complexity index is 716. The summed E-state index contributed by atoms with van der Waals surface area (Å²) < 4.78 is 28.9. The smallest absolute Gasteiger partial charge is 0.262 e. The Labute approximate surface area is 129 Å². The average Bonchev–Trinajstić information content (AvgIpc) is 2.94. The van der Waals surface area contributed by atoms with Crippen molar-refractivity contribution in [2.75, 3.05) is 4.72 Å². The van der Waals surface area contributed by atoms with Crippen LogP contribution in [0.2, 0.25) is 0 Å². The maximum atomic E-state index is 12.4. The number of sulfonamides is 1. The fourth-order valence-electron chi connectivity index (χ4n) is 1.80. The molecule has 0 atom stereocenters. The first-order chi connectivity index (χ1) is 9.78. The van der Waals surface area contributed by atoms with Gasteiger partial charge >= 0.3 is 0 Å². The second-order valence-corrected chi connectivity index (χ2v) is 7.87. The number of aryl methyl sites for hydroxylation is 2. The topological polar surface area (TPSA) is 76.0 Å². The predicted molar refractivity (Wildman–Crippen MR) is 85.0 cm³/mol. The Kier molecular flexibility index (Phi) is 4.70. The molecule has 0 spiro atoms. The van der Waals surface area contributed by atoms with Crippen LogP contribution in [0.25, 0.3) is 0 Å². The molecule has 0 aliphatic carbocycles. The molecular formula is C13H20N4O2S2. The van der Waals surface area contributed by atoms with Crippen molar-refractivity contribution >= 4 is 27.0 Å². The van der Waals surface area contributed by atoms with Gasteiger partial charge in [-0.25, -0.2) is 8.42 Å². The highest BCUT2D eigenvalue weighted by Gasteiger charge is 2.18. The van der Waals surface area contributed by atoms with Gasteiger partial charge in [0.2, 0.25) is 0 Å². The van der Waals surface area contributed by atoms with Crippen molar-refractivity contribution in [2.45, 2.75) is 38.3 Å². The van der Waals surface area contributed by atoms with Gasteiger partial charge in [0.15, 0.2) is 0 Å². The van der Waals surface area contributed by atoms with E-state index < -0.39 is 10.0 Å². The van der Waals surface area contributed by atoms with Crippen LogP contribution in [-0.4, -0.2) is 24.2 Å². The lowest BCUT2D eigenvalue weighted by Gasteiger charge is -2.06. The number of aromatic nitrogens is 2. The SMILES string of the molecule is Cc1nn(C)cc1NS(=O)(=O)c1csc(CNC(C)C)c1. The zero-order chi connectivity index (χ0) is 15.6. The summed E-state index contributed by atoms with van der Waals surface area (Å²) in [5.74, 6) is 0. The van der Waals surface area contributed by atoms with Crippen molar-refractivity contribution in [3.05, 3.63) is 28.2 Å². The molecule has 21 heavy (non-hydrogen) atoms. The zero-order valence-corrected chi connectivity index (χ0v) is 14.2. The standard InChI is InChI=1S/C13H20N4O2S2/c1-9(2)14-6-11-5-12(8-20-11)21(18,19)16-13-7-17(4)15-10(13)3/h5,7-9,14,16H,6H2,1-4H3. The molecule has 0 amide bonds. The molecule has 0 radical (unpaired) electrons. The van der Waals surface area contributed by atoms with Crippen LogP contribution in [0.3, 0.4) is 0 Å². The summed E-state index contributed by atoms with van der Waals surface area (Å²) in [7, 11) is -1.81. The van der Waals surface area contributed by atoms with Crippen LogP contribution in [0.1, 0.15) is 24.4 Å². The fourth-order valence-corrected chi connectivity index (χ4v) is 4.13. The monoisotopic (exact) mass is 328 g/mol. The molecule has 0 aromatic carbocycles. The summed E-state index contributed by atoms with van der Waals surface area (Å²) in [4.78, 5) is 1.28. The molecule has 2 heterocycles. The van der Waals surface area contributed by atoms with E-state index in [0.717, 1.165) is 4.88 Å². The maximum absolute atomic E-state index is 12.4. The van der Waals surface area contributed by atoms with E-state index in [4.69, 9.17) is 0 Å². The number of rotatable bonds is 6. The zero-order valence-electron chi connectivity index (χ0n) is 12.5. The van der Waals surface area contributed by atoms with Crippen LogP contribution < -0.4 is 10.0 Å². The van der Waals surface area contributed by atoms with Crippen molar-refractivity contribution in [1.29, 1.82) is 0 Å². The van der Waals surface area contributed by atoms with E-state index in [0.29, 0.717) is 24.0 Å². The first-order valence-electron chi connectivity index (χ1n) is 6.62. The van der Waals surface area contributed by atoms with Gasteiger partial charge in [-0.1, -0.05) is 13.8 Å². The molecule has 2 N–H and O–H groups in total. The Balaban J connectivity index is 2.14. The summed E-state index contributed by atoms with van der Waals surface area (Å²) in [5.41, 5.74) is 1.16. The lowest BCUT2D eigenvalue weighted by molar-refractivity contribution is 0.592. The lowest BCUT2D eigenvalue weighted by Crippen LogP contribution is -2.21. The summed E-state index contributed by atoms with van der Waals surface area (Å²) in [6, 6.07) is 2.07. The minimum absolute atomic E-state index is 0.288. The third-order valence-corrected chi connectivity index (χ3v) is 5.31. The molecule has 0 unspecified atom stereocenters. The molecule has 0 bridgehead atoms. The molecule has 6 nitrogen and oxygen atoms in total. The molecule has 0 saturated heterocycles. The molecule has 2 aromatic rings. The van der Waals surface area contributed by atoms with E-state index in [1.807, 2.05) is 0 Å². The van der Waals surface area contributed by atoms with Gasteiger partial charge in [0, 0.05) is 36.1 Å². The summed E-state index contributed by atoms with van der Waals surface area (Å²) in [6.45, 7) is 6.54. The Morgan fingerprint density at radius 2 is 2.14 bits per heavy atom. The third kappa shape index (κ3) is 4.05. The van der Waals surface area contributed by atoms with Crippen LogP contribution in [-0.2, 0) is 23.6 Å². The van der Waals surface area contributed by atoms with Crippen LogP contribution >= 0.6 is 11.3 Å². The van der Waals surface area contributed by atoms with E-state index in [2.05, 4.69) is 29.0 Å². The molecule has 2 aromatic heterocycles. The highest BCUT2D eigenvalue weighted by molar-refractivity contribution is 7.92. The summed E-state index contributed by atoms with van der Waals surface area (Å²) >= 11 is 1.44. The molecule has 8 heteroatoms. The molecular weight excluding hydrogens is 308 g/mol. The van der Waals surface area contributed by atoms with E-state index in [1.165, 1.54) is 11.3 Å². The van der Waals surface area contributed by atoms with Gasteiger partial charge in [-0.05, 0) is 13.0 Å². The first kappa shape index (κ1) is 16.0. The van der Waals surface area contributed by atoms with Crippen LogP contribution in [0.15, 0.2) is 22.5 Å². The normalized spacial score (nSPS) is 12.0. The van der Waals surface area contributed by atoms with Gasteiger partial charge < -0.3 is 5.32 Å². The number of hydrogen-bond donors (Lipinski definition) is 2. The summed E-state index contributed by atoms with van der Waals surface area (Å²) in [5, 5.41) is 9.05. The van der Waals surface area contributed by atoms with Gasteiger partial charge in [-0.15, -0.1) is 11.3 Å².